The average molecular weight is 235 g/mol. The van der Waals surface area contributed by atoms with Crippen molar-refractivity contribution in [2.24, 2.45) is 0 Å². The van der Waals surface area contributed by atoms with Gasteiger partial charge in [0.05, 0.1) is 25.6 Å². The lowest BCUT2D eigenvalue weighted by Crippen LogP contribution is -2.45. The fraction of sp³-hybridized carbons (Fsp3) is 0.667. The number of methoxy groups -OCH3 is 1. The molecule has 0 spiro atoms. The van der Waals surface area contributed by atoms with Crippen LogP contribution in [0.25, 0.3) is 0 Å². The van der Waals surface area contributed by atoms with Gasteiger partial charge < -0.3 is 14.7 Å². The van der Waals surface area contributed by atoms with E-state index in [0.29, 0.717) is 17.8 Å². The quantitative estimate of drug-likeness (QED) is 0.828. The first-order valence-electron chi connectivity index (χ1n) is 6.10. The molecule has 0 radical (unpaired) electrons. The second-order valence-electron chi connectivity index (χ2n) is 4.84. The van der Waals surface area contributed by atoms with E-state index in [1.807, 2.05) is 0 Å². The first kappa shape index (κ1) is 10.8. The summed E-state index contributed by atoms with van der Waals surface area (Å²) in [5, 5.41) is 9.75. The van der Waals surface area contributed by atoms with Gasteiger partial charge in [-0.1, -0.05) is 0 Å². The van der Waals surface area contributed by atoms with Crippen molar-refractivity contribution in [3.63, 3.8) is 0 Å². The molecule has 2 bridgehead atoms. The van der Waals surface area contributed by atoms with Crippen LogP contribution in [-0.2, 0) is 0 Å². The molecule has 2 aliphatic rings. The maximum atomic E-state index is 9.75. The Kier molecular flexibility index (Phi) is 2.63. The van der Waals surface area contributed by atoms with E-state index in [1.54, 1.807) is 19.5 Å². The summed E-state index contributed by atoms with van der Waals surface area (Å²) in [6.45, 7) is 0. The van der Waals surface area contributed by atoms with E-state index in [-0.39, 0.29) is 6.10 Å². The van der Waals surface area contributed by atoms with Crippen LogP contribution in [0.3, 0.4) is 0 Å². The van der Waals surface area contributed by atoms with Crippen LogP contribution in [0.4, 0.5) is 5.95 Å². The molecule has 92 valence electrons. The molecule has 5 nitrogen and oxygen atoms in total. The molecule has 1 aromatic rings. The zero-order valence-corrected chi connectivity index (χ0v) is 9.91. The Hall–Kier alpha value is -1.36. The number of anilines is 1. The van der Waals surface area contributed by atoms with Crippen molar-refractivity contribution >= 4 is 5.95 Å². The van der Waals surface area contributed by atoms with Crippen molar-refractivity contribution in [3.8, 4) is 5.75 Å². The number of hydrogen-bond acceptors (Lipinski definition) is 5. The zero-order chi connectivity index (χ0) is 11.8. The molecule has 2 saturated heterocycles. The summed E-state index contributed by atoms with van der Waals surface area (Å²) in [6, 6.07) is 0.800. The van der Waals surface area contributed by atoms with E-state index < -0.39 is 0 Å². The highest BCUT2D eigenvalue weighted by Crippen LogP contribution is 2.37. The van der Waals surface area contributed by atoms with E-state index in [0.717, 1.165) is 31.6 Å². The lowest BCUT2D eigenvalue weighted by molar-refractivity contribution is 0.125. The van der Waals surface area contributed by atoms with Gasteiger partial charge in [0, 0.05) is 12.1 Å². The van der Waals surface area contributed by atoms with E-state index in [2.05, 4.69) is 14.9 Å². The molecule has 3 rings (SSSR count). The maximum absolute atomic E-state index is 9.75. The van der Waals surface area contributed by atoms with Gasteiger partial charge >= 0.3 is 0 Å². The molecule has 2 aliphatic heterocycles. The molecular formula is C12H17N3O2. The zero-order valence-electron chi connectivity index (χ0n) is 9.91. The number of aromatic nitrogens is 2. The molecular weight excluding hydrogens is 218 g/mol. The van der Waals surface area contributed by atoms with Gasteiger partial charge in [0.2, 0.25) is 5.95 Å². The molecule has 0 aromatic carbocycles. The minimum Gasteiger partial charge on any atom is -0.494 e. The van der Waals surface area contributed by atoms with Crippen LogP contribution in [0.2, 0.25) is 0 Å². The smallest absolute Gasteiger partial charge is 0.226 e. The fourth-order valence-corrected chi connectivity index (χ4v) is 3.02. The van der Waals surface area contributed by atoms with Crippen LogP contribution in [0.5, 0.6) is 5.75 Å². The van der Waals surface area contributed by atoms with Gasteiger partial charge in [0.25, 0.3) is 0 Å². The minimum absolute atomic E-state index is 0.151. The summed E-state index contributed by atoms with van der Waals surface area (Å²) < 4.78 is 5.06. The van der Waals surface area contributed by atoms with Crippen LogP contribution in [0.15, 0.2) is 12.4 Å². The average Bonchev–Trinajstić information content (AvgIpc) is 2.62. The van der Waals surface area contributed by atoms with E-state index >= 15 is 0 Å². The molecule has 1 aromatic heterocycles. The normalized spacial score (nSPS) is 31.6. The number of ether oxygens (including phenoxy) is 1. The number of rotatable bonds is 2. The predicted octanol–water partition coefficient (Wildman–Crippen LogP) is 0.977. The third kappa shape index (κ3) is 1.84. The third-order valence-corrected chi connectivity index (χ3v) is 3.79. The summed E-state index contributed by atoms with van der Waals surface area (Å²) in [4.78, 5) is 11.0. The van der Waals surface area contributed by atoms with E-state index in [9.17, 15) is 5.11 Å². The Morgan fingerprint density at radius 3 is 2.35 bits per heavy atom. The molecule has 17 heavy (non-hydrogen) atoms. The summed E-state index contributed by atoms with van der Waals surface area (Å²) >= 11 is 0. The number of fused-ring (bicyclic) bond motifs is 2. The van der Waals surface area contributed by atoms with Gasteiger partial charge in [-0.25, -0.2) is 9.97 Å². The SMILES string of the molecule is COc1cnc(N2C3CCC2CC(O)C3)nc1. The number of piperidine rings is 1. The molecule has 2 atom stereocenters. The van der Waals surface area contributed by atoms with Gasteiger partial charge in [-0.05, 0) is 25.7 Å². The molecule has 1 N–H and O–H groups in total. The number of aliphatic hydroxyl groups excluding tert-OH is 1. The van der Waals surface area contributed by atoms with Crippen LogP contribution in [0.1, 0.15) is 25.7 Å². The second-order valence-corrected chi connectivity index (χ2v) is 4.84. The minimum atomic E-state index is -0.151. The molecule has 0 amide bonds. The molecule has 5 heteroatoms. The number of hydrogen-bond donors (Lipinski definition) is 1. The highest BCUT2D eigenvalue weighted by Gasteiger charge is 2.41. The van der Waals surface area contributed by atoms with Gasteiger partial charge in [-0.3, -0.25) is 0 Å². The molecule has 3 heterocycles. The standard InChI is InChI=1S/C12H17N3O2/c1-17-11-6-13-12(14-7-11)15-8-2-3-9(15)5-10(16)4-8/h6-10,16H,2-5H2,1H3. The van der Waals surface area contributed by atoms with Crippen molar-refractivity contribution in [1.29, 1.82) is 0 Å². The Balaban J connectivity index is 1.84. The predicted molar refractivity (Wildman–Crippen MR) is 63.1 cm³/mol. The van der Waals surface area contributed by atoms with Gasteiger partial charge in [-0.15, -0.1) is 0 Å². The van der Waals surface area contributed by atoms with Crippen LogP contribution in [-0.4, -0.2) is 40.4 Å². The van der Waals surface area contributed by atoms with Crippen molar-refractivity contribution in [3.05, 3.63) is 12.4 Å². The lowest BCUT2D eigenvalue weighted by Gasteiger charge is -2.37. The fourth-order valence-electron chi connectivity index (χ4n) is 3.02. The van der Waals surface area contributed by atoms with Crippen molar-refractivity contribution in [2.75, 3.05) is 12.0 Å². The van der Waals surface area contributed by atoms with Gasteiger partial charge in [0.15, 0.2) is 5.75 Å². The molecule has 2 unspecified atom stereocenters. The van der Waals surface area contributed by atoms with E-state index in [1.165, 1.54) is 0 Å². The number of nitrogens with zero attached hydrogens (tertiary/aromatic N) is 3. The summed E-state index contributed by atoms with van der Waals surface area (Å²) in [7, 11) is 1.61. The van der Waals surface area contributed by atoms with Gasteiger partial charge in [0.1, 0.15) is 0 Å². The first-order valence-corrected chi connectivity index (χ1v) is 6.10. The highest BCUT2D eigenvalue weighted by atomic mass is 16.5. The molecule has 2 fully saturated rings. The molecule has 0 aliphatic carbocycles. The highest BCUT2D eigenvalue weighted by molar-refractivity contribution is 5.38. The summed E-state index contributed by atoms with van der Waals surface area (Å²) in [6.07, 6.45) is 7.20. The Bertz CT molecular complexity index is 381. The maximum Gasteiger partial charge on any atom is 0.226 e. The third-order valence-electron chi connectivity index (χ3n) is 3.79. The first-order chi connectivity index (χ1) is 8.28. The van der Waals surface area contributed by atoms with Gasteiger partial charge in [-0.2, -0.15) is 0 Å². The van der Waals surface area contributed by atoms with Crippen LogP contribution >= 0.6 is 0 Å². The van der Waals surface area contributed by atoms with Crippen molar-refractivity contribution < 1.29 is 9.84 Å². The Labute approximate surface area is 100 Å². The Morgan fingerprint density at radius 1 is 1.24 bits per heavy atom. The summed E-state index contributed by atoms with van der Waals surface area (Å²) in [5.41, 5.74) is 0. The summed E-state index contributed by atoms with van der Waals surface area (Å²) in [5.74, 6) is 1.45. The van der Waals surface area contributed by atoms with Crippen LogP contribution in [0, 0.1) is 0 Å². The van der Waals surface area contributed by atoms with Crippen molar-refractivity contribution in [2.45, 2.75) is 43.9 Å². The lowest BCUT2D eigenvalue weighted by atomic mass is 10.0. The number of aliphatic hydroxyl groups is 1. The Morgan fingerprint density at radius 2 is 1.82 bits per heavy atom. The van der Waals surface area contributed by atoms with E-state index in [4.69, 9.17) is 4.74 Å². The topological polar surface area (TPSA) is 58.5 Å². The van der Waals surface area contributed by atoms with Crippen LogP contribution < -0.4 is 9.64 Å². The van der Waals surface area contributed by atoms with Crippen molar-refractivity contribution in [1.82, 2.24) is 9.97 Å². The second kappa shape index (κ2) is 4.14. The largest absolute Gasteiger partial charge is 0.494 e. The monoisotopic (exact) mass is 235 g/mol. The molecule has 0 saturated carbocycles.